The lowest BCUT2D eigenvalue weighted by atomic mass is 9.67. The van der Waals surface area contributed by atoms with Gasteiger partial charge in [-0.05, 0) is 59.8 Å². The van der Waals surface area contributed by atoms with Gasteiger partial charge in [0.25, 0.3) is 0 Å². The van der Waals surface area contributed by atoms with Gasteiger partial charge in [0.05, 0.1) is 0 Å². The lowest BCUT2D eigenvalue weighted by molar-refractivity contribution is 0.411. The van der Waals surface area contributed by atoms with Crippen LogP contribution in [0.5, 0.6) is 0 Å². The monoisotopic (exact) mass is 414 g/mol. The van der Waals surface area contributed by atoms with Gasteiger partial charge in [0.15, 0.2) is 0 Å². The second-order valence-electron chi connectivity index (χ2n) is 9.96. The smallest absolute Gasteiger partial charge is 0.0208 e. The van der Waals surface area contributed by atoms with Crippen LogP contribution in [0.2, 0.25) is 0 Å². The standard InChI is InChI=1S/C32H30/c1-5-13-27(14-6-1)31(28-15-7-2-8-16-28)21-25-23-32(24-26(25)22-31,29-17-9-3-10-18-29)30-19-11-4-12-20-30/h1-20,25-26H,21-24H2. The van der Waals surface area contributed by atoms with E-state index >= 15 is 0 Å². The van der Waals surface area contributed by atoms with Gasteiger partial charge in [-0.1, -0.05) is 121 Å². The van der Waals surface area contributed by atoms with Crippen LogP contribution in [0.1, 0.15) is 47.9 Å². The van der Waals surface area contributed by atoms with Crippen molar-refractivity contribution >= 4 is 0 Å². The van der Waals surface area contributed by atoms with Crippen molar-refractivity contribution in [3.8, 4) is 0 Å². The molecule has 0 amide bonds. The van der Waals surface area contributed by atoms with Crippen LogP contribution in [-0.2, 0) is 10.8 Å². The third-order valence-electron chi connectivity index (χ3n) is 8.41. The lowest BCUT2D eigenvalue weighted by Gasteiger charge is -2.36. The minimum atomic E-state index is 0.136. The molecule has 4 aromatic carbocycles. The fourth-order valence-electron chi connectivity index (χ4n) is 7.07. The molecule has 2 aliphatic rings. The number of rotatable bonds is 4. The van der Waals surface area contributed by atoms with Crippen molar-refractivity contribution in [3.63, 3.8) is 0 Å². The Bertz CT molecular complexity index is 970. The average molecular weight is 415 g/mol. The molecule has 0 unspecified atom stereocenters. The molecular weight excluding hydrogens is 384 g/mol. The topological polar surface area (TPSA) is 0 Å². The van der Waals surface area contributed by atoms with E-state index in [1.54, 1.807) is 0 Å². The van der Waals surface area contributed by atoms with E-state index in [0.29, 0.717) is 0 Å². The van der Waals surface area contributed by atoms with Crippen LogP contribution in [-0.4, -0.2) is 0 Å². The molecule has 158 valence electrons. The predicted molar refractivity (Wildman–Crippen MR) is 133 cm³/mol. The summed E-state index contributed by atoms with van der Waals surface area (Å²) in [5.41, 5.74) is 6.24. The Morgan fingerprint density at radius 2 is 0.562 bits per heavy atom. The molecule has 0 spiro atoms. The Hall–Kier alpha value is -3.12. The number of hydrogen-bond donors (Lipinski definition) is 0. The highest BCUT2D eigenvalue weighted by Gasteiger charge is 2.56. The van der Waals surface area contributed by atoms with E-state index in [0.717, 1.165) is 11.8 Å². The summed E-state index contributed by atoms with van der Waals surface area (Å²) < 4.78 is 0. The minimum Gasteiger partial charge on any atom is -0.0622 e. The maximum Gasteiger partial charge on any atom is 0.0208 e. The van der Waals surface area contributed by atoms with Crippen LogP contribution >= 0.6 is 0 Å². The van der Waals surface area contributed by atoms with E-state index in [2.05, 4.69) is 121 Å². The molecule has 0 aliphatic heterocycles. The fraction of sp³-hybridized carbons (Fsp3) is 0.250. The predicted octanol–water partition coefficient (Wildman–Crippen LogP) is 7.78. The molecule has 6 rings (SSSR count). The van der Waals surface area contributed by atoms with E-state index in [9.17, 15) is 0 Å². The summed E-state index contributed by atoms with van der Waals surface area (Å²) in [5, 5.41) is 0. The minimum absolute atomic E-state index is 0.136. The van der Waals surface area contributed by atoms with Crippen LogP contribution in [0.3, 0.4) is 0 Å². The van der Waals surface area contributed by atoms with Gasteiger partial charge in [0, 0.05) is 10.8 Å². The van der Waals surface area contributed by atoms with Crippen LogP contribution in [0.4, 0.5) is 0 Å². The summed E-state index contributed by atoms with van der Waals surface area (Å²) in [5.74, 6) is 1.46. The van der Waals surface area contributed by atoms with Gasteiger partial charge in [0.2, 0.25) is 0 Å². The zero-order chi connectivity index (χ0) is 21.4. The second-order valence-corrected chi connectivity index (χ2v) is 9.96. The van der Waals surface area contributed by atoms with Crippen molar-refractivity contribution in [2.75, 3.05) is 0 Å². The second kappa shape index (κ2) is 7.78. The van der Waals surface area contributed by atoms with Crippen LogP contribution in [0.15, 0.2) is 121 Å². The summed E-state index contributed by atoms with van der Waals surface area (Å²) in [4.78, 5) is 0. The molecule has 0 saturated heterocycles. The van der Waals surface area contributed by atoms with Crippen LogP contribution in [0.25, 0.3) is 0 Å². The maximum absolute atomic E-state index is 2.36. The fourth-order valence-corrected chi connectivity index (χ4v) is 7.07. The molecule has 0 radical (unpaired) electrons. The molecular formula is C32H30. The van der Waals surface area contributed by atoms with E-state index in [4.69, 9.17) is 0 Å². The Kier molecular flexibility index (Phi) is 4.76. The van der Waals surface area contributed by atoms with Crippen molar-refractivity contribution in [2.24, 2.45) is 11.8 Å². The Labute approximate surface area is 192 Å². The Balaban J connectivity index is 1.42. The van der Waals surface area contributed by atoms with Crippen molar-refractivity contribution in [2.45, 2.75) is 36.5 Å². The summed E-state index contributed by atoms with van der Waals surface area (Å²) in [6, 6.07) is 45.2. The van der Waals surface area contributed by atoms with Crippen molar-refractivity contribution in [1.82, 2.24) is 0 Å². The SMILES string of the molecule is c1ccc(C2(c3ccccc3)CC3CC(c4ccccc4)(c4ccccc4)CC3C2)cc1. The van der Waals surface area contributed by atoms with Gasteiger partial charge in [-0.25, -0.2) is 0 Å². The van der Waals surface area contributed by atoms with Gasteiger partial charge in [0.1, 0.15) is 0 Å². The summed E-state index contributed by atoms with van der Waals surface area (Å²) in [7, 11) is 0. The zero-order valence-electron chi connectivity index (χ0n) is 18.5. The van der Waals surface area contributed by atoms with E-state index in [1.807, 2.05) is 0 Å². The third kappa shape index (κ3) is 3.05. The van der Waals surface area contributed by atoms with Crippen LogP contribution in [0, 0.1) is 11.8 Å². The van der Waals surface area contributed by atoms with Crippen molar-refractivity contribution < 1.29 is 0 Å². The largest absolute Gasteiger partial charge is 0.0622 e. The van der Waals surface area contributed by atoms with Gasteiger partial charge in [-0.2, -0.15) is 0 Å². The van der Waals surface area contributed by atoms with Crippen molar-refractivity contribution in [1.29, 1.82) is 0 Å². The first-order chi connectivity index (χ1) is 15.8. The van der Waals surface area contributed by atoms with Gasteiger partial charge in [-0.3, -0.25) is 0 Å². The number of benzene rings is 4. The molecule has 0 heteroatoms. The molecule has 0 heterocycles. The third-order valence-corrected chi connectivity index (χ3v) is 8.41. The molecule has 0 N–H and O–H groups in total. The zero-order valence-corrected chi connectivity index (χ0v) is 18.5. The molecule has 0 atom stereocenters. The van der Waals surface area contributed by atoms with Crippen molar-refractivity contribution in [3.05, 3.63) is 144 Å². The first-order valence-corrected chi connectivity index (χ1v) is 12.0. The molecule has 4 aromatic rings. The number of hydrogen-bond acceptors (Lipinski definition) is 0. The molecule has 32 heavy (non-hydrogen) atoms. The van der Waals surface area contributed by atoms with Gasteiger partial charge >= 0.3 is 0 Å². The highest BCUT2D eigenvalue weighted by atomic mass is 14.6. The first kappa shape index (κ1) is 19.6. The first-order valence-electron chi connectivity index (χ1n) is 12.0. The lowest BCUT2D eigenvalue weighted by Crippen LogP contribution is -2.30. The van der Waals surface area contributed by atoms with Gasteiger partial charge < -0.3 is 0 Å². The van der Waals surface area contributed by atoms with E-state index in [-0.39, 0.29) is 10.8 Å². The highest BCUT2D eigenvalue weighted by Crippen LogP contribution is 2.63. The van der Waals surface area contributed by atoms with E-state index in [1.165, 1.54) is 47.9 Å². The maximum atomic E-state index is 2.36. The summed E-state index contributed by atoms with van der Waals surface area (Å²) in [6.07, 6.45) is 4.97. The van der Waals surface area contributed by atoms with Gasteiger partial charge in [-0.15, -0.1) is 0 Å². The molecule has 2 fully saturated rings. The normalized spacial score (nSPS) is 23.0. The quantitative estimate of drug-likeness (QED) is 0.320. The summed E-state index contributed by atoms with van der Waals surface area (Å²) >= 11 is 0. The van der Waals surface area contributed by atoms with E-state index < -0.39 is 0 Å². The summed E-state index contributed by atoms with van der Waals surface area (Å²) in [6.45, 7) is 0. The van der Waals surface area contributed by atoms with Crippen LogP contribution < -0.4 is 0 Å². The molecule has 0 bridgehead atoms. The molecule has 2 aliphatic carbocycles. The molecule has 0 aromatic heterocycles. The number of fused-ring (bicyclic) bond motifs is 1. The molecule has 0 nitrogen and oxygen atoms in total. The highest BCUT2D eigenvalue weighted by molar-refractivity contribution is 5.45. The Morgan fingerprint density at radius 1 is 0.344 bits per heavy atom. The average Bonchev–Trinajstić information content (AvgIpc) is 3.42. The Morgan fingerprint density at radius 3 is 0.781 bits per heavy atom. The molecule has 2 saturated carbocycles.